The molecule has 0 atom stereocenters. The lowest BCUT2D eigenvalue weighted by atomic mass is 10.2. The van der Waals surface area contributed by atoms with Crippen LogP contribution in [0.3, 0.4) is 0 Å². The molecule has 1 heterocycles. The molecule has 4 aromatic rings. The first-order chi connectivity index (χ1) is 18.1. The molecule has 12 heteroatoms. The molecule has 38 heavy (non-hydrogen) atoms. The first-order valence-corrected chi connectivity index (χ1v) is 14.6. The Bertz CT molecular complexity index is 1670. The number of amides is 1. The summed E-state index contributed by atoms with van der Waals surface area (Å²) < 4.78 is 35.0. The van der Waals surface area contributed by atoms with E-state index in [-0.39, 0.29) is 35.0 Å². The Hall–Kier alpha value is -3.18. The van der Waals surface area contributed by atoms with Gasteiger partial charge in [-0.15, -0.1) is 0 Å². The number of hydrogen-bond acceptors (Lipinski definition) is 6. The van der Waals surface area contributed by atoms with E-state index in [9.17, 15) is 18.0 Å². The van der Waals surface area contributed by atoms with Gasteiger partial charge in [0.1, 0.15) is 6.54 Å². The lowest BCUT2D eigenvalue weighted by Crippen LogP contribution is -2.30. The predicted octanol–water partition coefficient (Wildman–Crippen LogP) is 5.53. The van der Waals surface area contributed by atoms with E-state index in [0.717, 1.165) is 11.3 Å². The molecule has 0 aliphatic heterocycles. The van der Waals surface area contributed by atoms with Crippen LogP contribution in [0.1, 0.15) is 24.2 Å². The zero-order chi connectivity index (χ0) is 27.4. The fraction of sp³-hybridized carbons (Fsp3) is 0.192. The number of halogens is 2. The van der Waals surface area contributed by atoms with E-state index in [0.29, 0.717) is 25.9 Å². The summed E-state index contributed by atoms with van der Waals surface area (Å²) in [5, 5.41) is 0.703. The monoisotopic (exact) mass is 591 g/mol. The van der Waals surface area contributed by atoms with Crippen molar-refractivity contribution in [1.29, 1.82) is 0 Å². The van der Waals surface area contributed by atoms with Crippen molar-refractivity contribution in [3.05, 3.63) is 87.1 Å². The van der Waals surface area contributed by atoms with Crippen LogP contribution in [0.2, 0.25) is 10.0 Å². The molecule has 1 amide bonds. The number of carbonyl (C=O) groups excluding carboxylic acids is 2. The standard InChI is InChI=1S/C26H23Cl2N3O5S2/c1-3-31(19-8-6-5-7-9-19)38(34,35)20-12-10-17(11-13-20)25(33)29-26-30(16-23(32)36-4-2)24-21(28)14-18(27)15-22(24)37-26/h5-15H,3-4,16H2,1-2H3. The molecular formula is C26H23Cl2N3O5S2. The van der Waals surface area contributed by atoms with Gasteiger partial charge in [-0.3, -0.25) is 13.9 Å². The summed E-state index contributed by atoms with van der Waals surface area (Å²) >= 11 is 13.7. The maximum absolute atomic E-state index is 13.2. The summed E-state index contributed by atoms with van der Waals surface area (Å²) in [5.74, 6) is -1.13. The van der Waals surface area contributed by atoms with Gasteiger partial charge in [0.25, 0.3) is 15.9 Å². The molecule has 0 unspecified atom stereocenters. The second-order valence-electron chi connectivity index (χ2n) is 7.96. The third-order valence-corrected chi connectivity index (χ3v) is 8.95. The summed E-state index contributed by atoms with van der Waals surface area (Å²) in [4.78, 5) is 29.8. The van der Waals surface area contributed by atoms with Crippen LogP contribution in [0.15, 0.2) is 76.6 Å². The second-order valence-corrected chi connectivity index (χ2v) is 11.7. The van der Waals surface area contributed by atoms with Gasteiger partial charge in [0.2, 0.25) is 0 Å². The number of ether oxygens (including phenoxy) is 1. The minimum absolute atomic E-state index is 0.0420. The highest BCUT2D eigenvalue weighted by Crippen LogP contribution is 2.30. The lowest BCUT2D eigenvalue weighted by Gasteiger charge is -2.22. The Morgan fingerprint density at radius 2 is 1.71 bits per heavy atom. The summed E-state index contributed by atoms with van der Waals surface area (Å²) in [5.41, 5.74) is 1.22. The van der Waals surface area contributed by atoms with Gasteiger partial charge in [-0.25, -0.2) is 8.42 Å². The molecule has 0 N–H and O–H groups in total. The van der Waals surface area contributed by atoms with Crippen molar-refractivity contribution in [3.63, 3.8) is 0 Å². The number of rotatable bonds is 8. The number of fused-ring (bicyclic) bond motifs is 1. The van der Waals surface area contributed by atoms with Crippen LogP contribution in [0.25, 0.3) is 10.2 Å². The number of anilines is 1. The number of aromatic nitrogens is 1. The van der Waals surface area contributed by atoms with Gasteiger partial charge >= 0.3 is 5.97 Å². The van der Waals surface area contributed by atoms with E-state index in [2.05, 4.69) is 4.99 Å². The molecule has 0 saturated carbocycles. The molecule has 198 valence electrons. The Morgan fingerprint density at radius 1 is 1.03 bits per heavy atom. The highest BCUT2D eigenvalue weighted by molar-refractivity contribution is 7.92. The van der Waals surface area contributed by atoms with Crippen molar-refractivity contribution in [2.75, 3.05) is 17.5 Å². The van der Waals surface area contributed by atoms with Crippen LogP contribution in [-0.2, 0) is 26.1 Å². The number of nitrogens with zero attached hydrogens (tertiary/aromatic N) is 3. The molecule has 8 nitrogen and oxygen atoms in total. The Labute approximate surface area is 233 Å². The summed E-state index contributed by atoms with van der Waals surface area (Å²) in [6.07, 6.45) is 0. The first kappa shape index (κ1) is 27.8. The zero-order valence-electron chi connectivity index (χ0n) is 20.4. The minimum Gasteiger partial charge on any atom is -0.465 e. The first-order valence-electron chi connectivity index (χ1n) is 11.6. The van der Waals surface area contributed by atoms with Crippen LogP contribution in [0, 0.1) is 0 Å². The molecule has 0 spiro atoms. The molecule has 0 aliphatic carbocycles. The largest absolute Gasteiger partial charge is 0.465 e. The number of para-hydroxylation sites is 1. The van der Waals surface area contributed by atoms with Crippen molar-refractivity contribution in [1.82, 2.24) is 4.57 Å². The van der Waals surface area contributed by atoms with E-state index in [4.69, 9.17) is 27.9 Å². The Kier molecular flexibility index (Phi) is 8.57. The van der Waals surface area contributed by atoms with Gasteiger partial charge in [-0.1, -0.05) is 52.7 Å². The molecule has 3 aromatic carbocycles. The van der Waals surface area contributed by atoms with Gasteiger partial charge in [-0.05, 0) is 62.4 Å². The Balaban J connectivity index is 1.70. The topological polar surface area (TPSA) is 98.0 Å². The number of thiazole rings is 1. The quantitative estimate of drug-likeness (QED) is 0.251. The number of hydrogen-bond donors (Lipinski definition) is 0. The number of esters is 1. The number of benzene rings is 3. The Morgan fingerprint density at radius 3 is 2.34 bits per heavy atom. The van der Waals surface area contributed by atoms with E-state index >= 15 is 0 Å². The zero-order valence-corrected chi connectivity index (χ0v) is 23.6. The average molecular weight is 593 g/mol. The molecular weight excluding hydrogens is 569 g/mol. The third kappa shape index (κ3) is 5.78. The maximum atomic E-state index is 13.2. The minimum atomic E-state index is -3.85. The van der Waals surface area contributed by atoms with Crippen LogP contribution in [-0.4, -0.2) is 38.0 Å². The molecule has 0 radical (unpaired) electrons. The predicted molar refractivity (Wildman–Crippen MR) is 149 cm³/mol. The van der Waals surface area contributed by atoms with Crippen LogP contribution < -0.4 is 9.11 Å². The van der Waals surface area contributed by atoms with Crippen molar-refractivity contribution < 1.29 is 22.7 Å². The SMILES string of the molecule is CCOC(=O)Cn1c(=NC(=O)c2ccc(S(=O)(=O)N(CC)c3ccccc3)cc2)sc2cc(Cl)cc(Cl)c21. The van der Waals surface area contributed by atoms with E-state index in [1.165, 1.54) is 33.1 Å². The fourth-order valence-corrected chi connectivity index (χ4v) is 7.11. The van der Waals surface area contributed by atoms with Gasteiger partial charge in [-0.2, -0.15) is 4.99 Å². The van der Waals surface area contributed by atoms with E-state index in [1.54, 1.807) is 50.2 Å². The van der Waals surface area contributed by atoms with Crippen LogP contribution in [0.5, 0.6) is 0 Å². The van der Waals surface area contributed by atoms with Gasteiger partial charge in [0.05, 0.1) is 32.4 Å². The lowest BCUT2D eigenvalue weighted by molar-refractivity contribution is -0.143. The van der Waals surface area contributed by atoms with Gasteiger partial charge in [0, 0.05) is 17.1 Å². The molecule has 4 rings (SSSR count). The summed E-state index contributed by atoms with van der Waals surface area (Å²) in [6, 6.07) is 17.5. The molecule has 1 aromatic heterocycles. The maximum Gasteiger partial charge on any atom is 0.326 e. The highest BCUT2D eigenvalue weighted by Gasteiger charge is 2.24. The van der Waals surface area contributed by atoms with Gasteiger partial charge < -0.3 is 9.30 Å². The van der Waals surface area contributed by atoms with Crippen LogP contribution >= 0.6 is 34.5 Å². The van der Waals surface area contributed by atoms with Crippen LogP contribution in [0.4, 0.5) is 5.69 Å². The second kappa shape index (κ2) is 11.7. The third-order valence-electron chi connectivity index (χ3n) is 5.51. The fourth-order valence-electron chi connectivity index (χ4n) is 3.83. The normalized spacial score (nSPS) is 12.1. The van der Waals surface area contributed by atoms with E-state index in [1.807, 2.05) is 6.07 Å². The molecule has 0 fully saturated rings. The number of carbonyl (C=O) groups is 2. The van der Waals surface area contributed by atoms with E-state index < -0.39 is 21.9 Å². The highest BCUT2D eigenvalue weighted by atomic mass is 35.5. The average Bonchev–Trinajstić information content (AvgIpc) is 3.21. The molecule has 0 aliphatic rings. The summed E-state index contributed by atoms with van der Waals surface area (Å²) in [6.45, 7) is 3.67. The molecule has 0 bridgehead atoms. The van der Waals surface area contributed by atoms with Crippen molar-refractivity contribution in [2.24, 2.45) is 4.99 Å². The number of sulfonamides is 1. The summed E-state index contributed by atoms with van der Waals surface area (Å²) in [7, 11) is -3.85. The molecule has 0 saturated heterocycles. The van der Waals surface area contributed by atoms with Crippen molar-refractivity contribution in [3.8, 4) is 0 Å². The van der Waals surface area contributed by atoms with Crippen molar-refractivity contribution >= 4 is 72.3 Å². The van der Waals surface area contributed by atoms with Crippen molar-refractivity contribution in [2.45, 2.75) is 25.3 Å². The smallest absolute Gasteiger partial charge is 0.326 e. The van der Waals surface area contributed by atoms with Gasteiger partial charge in [0.15, 0.2) is 4.80 Å².